The van der Waals surface area contributed by atoms with Crippen molar-refractivity contribution < 1.29 is 0 Å². The van der Waals surface area contributed by atoms with Gasteiger partial charge in [0.1, 0.15) is 0 Å². The van der Waals surface area contributed by atoms with Crippen LogP contribution in [0.1, 0.15) is 0 Å². The van der Waals surface area contributed by atoms with Crippen molar-refractivity contribution in [1.82, 2.24) is 19.5 Å². The largest absolute Gasteiger partial charge is 0.309 e. The molecule has 0 radical (unpaired) electrons. The van der Waals surface area contributed by atoms with Crippen molar-refractivity contribution >= 4 is 53.3 Å². The minimum Gasteiger partial charge on any atom is -0.309 e. The minimum absolute atomic E-state index is 0.651. The van der Waals surface area contributed by atoms with Crippen molar-refractivity contribution in [3.05, 3.63) is 146 Å². The zero-order valence-electron chi connectivity index (χ0n) is 23.6. The van der Waals surface area contributed by atoms with Gasteiger partial charge in [0.15, 0.2) is 17.5 Å². The summed E-state index contributed by atoms with van der Waals surface area (Å²) in [7, 11) is 0. The zero-order valence-corrected chi connectivity index (χ0v) is 24.4. The standard InChI is InChI=1S/C39H24N4S/c1-3-11-25(12-4-1)37-40-38(26-13-5-2-6-14-26)42-39(41-37)27-19-21-28(22-20-27)43-33-17-9-7-15-29(33)31-24-36-32(23-34(31)43)30-16-8-10-18-35(30)44-36/h1-24H. The van der Waals surface area contributed by atoms with Crippen LogP contribution in [-0.4, -0.2) is 19.5 Å². The second-order valence-corrected chi connectivity index (χ2v) is 12.0. The van der Waals surface area contributed by atoms with Gasteiger partial charge >= 0.3 is 0 Å². The van der Waals surface area contributed by atoms with Gasteiger partial charge < -0.3 is 4.57 Å². The first kappa shape index (κ1) is 24.9. The smallest absolute Gasteiger partial charge is 0.164 e. The molecule has 3 heterocycles. The quantitative estimate of drug-likeness (QED) is 0.208. The van der Waals surface area contributed by atoms with Crippen molar-refractivity contribution in [2.45, 2.75) is 0 Å². The molecule has 0 saturated heterocycles. The fourth-order valence-corrected chi connectivity index (χ4v) is 7.29. The molecule has 0 aliphatic heterocycles. The van der Waals surface area contributed by atoms with Crippen LogP contribution in [0.5, 0.6) is 0 Å². The monoisotopic (exact) mass is 580 g/mol. The molecule has 9 aromatic rings. The highest BCUT2D eigenvalue weighted by Gasteiger charge is 2.16. The van der Waals surface area contributed by atoms with Crippen molar-refractivity contribution in [3.8, 4) is 39.9 Å². The summed E-state index contributed by atoms with van der Waals surface area (Å²) >= 11 is 1.86. The number of thiophene rings is 1. The number of hydrogen-bond acceptors (Lipinski definition) is 4. The molecule has 0 saturated carbocycles. The van der Waals surface area contributed by atoms with Gasteiger partial charge in [0, 0.05) is 53.3 Å². The van der Waals surface area contributed by atoms with Crippen LogP contribution in [0.15, 0.2) is 146 Å². The van der Waals surface area contributed by atoms with E-state index in [-0.39, 0.29) is 0 Å². The third-order valence-electron chi connectivity index (χ3n) is 8.25. The molecule has 206 valence electrons. The fraction of sp³-hybridized carbons (Fsp3) is 0. The molecule has 9 rings (SSSR count). The van der Waals surface area contributed by atoms with Gasteiger partial charge in [-0.15, -0.1) is 11.3 Å². The molecule has 0 N–H and O–H groups in total. The highest BCUT2D eigenvalue weighted by atomic mass is 32.1. The summed E-state index contributed by atoms with van der Waals surface area (Å²) < 4.78 is 5.01. The van der Waals surface area contributed by atoms with E-state index in [0.29, 0.717) is 17.5 Å². The minimum atomic E-state index is 0.651. The maximum Gasteiger partial charge on any atom is 0.164 e. The number of benzene rings is 6. The highest BCUT2D eigenvalue weighted by Crippen LogP contribution is 2.40. The number of hydrogen-bond donors (Lipinski definition) is 0. The van der Waals surface area contributed by atoms with E-state index in [1.807, 2.05) is 72.0 Å². The summed E-state index contributed by atoms with van der Waals surface area (Å²) in [5, 5.41) is 5.12. The van der Waals surface area contributed by atoms with Crippen LogP contribution in [0.2, 0.25) is 0 Å². The van der Waals surface area contributed by atoms with Crippen LogP contribution < -0.4 is 0 Å². The predicted molar refractivity (Wildman–Crippen MR) is 183 cm³/mol. The Labute approximate surface area is 257 Å². The molecular weight excluding hydrogens is 557 g/mol. The van der Waals surface area contributed by atoms with Gasteiger partial charge in [0.25, 0.3) is 0 Å². The second-order valence-electron chi connectivity index (χ2n) is 10.9. The number of nitrogens with zero attached hydrogens (tertiary/aromatic N) is 4. The van der Waals surface area contributed by atoms with Crippen molar-refractivity contribution in [3.63, 3.8) is 0 Å². The lowest BCUT2D eigenvalue weighted by Gasteiger charge is -2.11. The molecule has 0 spiro atoms. The van der Waals surface area contributed by atoms with Gasteiger partial charge in [-0.05, 0) is 48.5 Å². The number of para-hydroxylation sites is 1. The first-order chi connectivity index (χ1) is 21.8. The summed E-state index contributed by atoms with van der Waals surface area (Å²) in [4.78, 5) is 14.7. The van der Waals surface area contributed by atoms with Gasteiger partial charge in [-0.2, -0.15) is 0 Å². The van der Waals surface area contributed by atoms with Gasteiger partial charge in [-0.25, -0.2) is 15.0 Å². The topological polar surface area (TPSA) is 43.6 Å². The van der Waals surface area contributed by atoms with E-state index in [1.165, 1.54) is 42.0 Å². The van der Waals surface area contributed by atoms with Crippen molar-refractivity contribution in [2.75, 3.05) is 0 Å². The van der Waals surface area contributed by atoms with Crippen LogP contribution in [0.25, 0.3) is 81.8 Å². The lowest BCUT2D eigenvalue weighted by Crippen LogP contribution is -2.00. The molecule has 0 aliphatic rings. The van der Waals surface area contributed by atoms with Crippen LogP contribution in [-0.2, 0) is 0 Å². The van der Waals surface area contributed by atoms with E-state index in [2.05, 4.69) is 89.5 Å². The lowest BCUT2D eigenvalue weighted by atomic mass is 10.1. The normalized spacial score (nSPS) is 11.6. The molecule has 0 atom stereocenters. The maximum absolute atomic E-state index is 4.92. The zero-order chi connectivity index (χ0) is 29.0. The third-order valence-corrected chi connectivity index (χ3v) is 9.39. The molecule has 0 unspecified atom stereocenters. The average Bonchev–Trinajstić information content (AvgIpc) is 3.63. The third kappa shape index (κ3) is 4.02. The van der Waals surface area contributed by atoms with E-state index in [1.54, 1.807) is 0 Å². The molecular formula is C39H24N4S. The summed E-state index contributed by atoms with van der Waals surface area (Å²) in [5.74, 6) is 1.97. The molecule has 4 nitrogen and oxygen atoms in total. The number of rotatable bonds is 4. The van der Waals surface area contributed by atoms with E-state index in [9.17, 15) is 0 Å². The summed E-state index contributed by atoms with van der Waals surface area (Å²) in [6.07, 6.45) is 0. The van der Waals surface area contributed by atoms with E-state index >= 15 is 0 Å². The summed E-state index contributed by atoms with van der Waals surface area (Å²) in [6, 6.07) is 50.8. The van der Waals surface area contributed by atoms with Crippen molar-refractivity contribution in [1.29, 1.82) is 0 Å². The molecule has 0 amide bonds. The summed E-state index contributed by atoms with van der Waals surface area (Å²) in [5.41, 5.74) is 6.35. The average molecular weight is 581 g/mol. The van der Waals surface area contributed by atoms with Crippen LogP contribution >= 0.6 is 11.3 Å². The first-order valence-electron chi connectivity index (χ1n) is 14.6. The second kappa shape index (κ2) is 9.97. The Morgan fingerprint density at radius 1 is 0.386 bits per heavy atom. The van der Waals surface area contributed by atoms with E-state index in [4.69, 9.17) is 15.0 Å². The van der Waals surface area contributed by atoms with Crippen LogP contribution in [0.3, 0.4) is 0 Å². The van der Waals surface area contributed by atoms with Crippen molar-refractivity contribution in [2.24, 2.45) is 0 Å². The van der Waals surface area contributed by atoms with Gasteiger partial charge in [0.2, 0.25) is 0 Å². The Hall–Kier alpha value is -5.65. The van der Waals surface area contributed by atoms with Gasteiger partial charge in [0.05, 0.1) is 11.0 Å². The van der Waals surface area contributed by atoms with Crippen LogP contribution in [0.4, 0.5) is 0 Å². The fourth-order valence-electron chi connectivity index (χ4n) is 6.16. The Kier molecular flexibility index (Phi) is 5.64. The summed E-state index contributed by atoms with van der Waals surface area (Å²) in [6.45, 7) is 0. The number of aromatic nitrogens is 4. The molecule has 44 heavy (non-hydrogen) atoms. The molecule has 0 bridgehead atoms. The predicted octanol–water partition coefficient (Wildman–Crippen LogP) is 10.3. The Bertz CT molecular complexity index is 2420. The molecule has 0 fully saturated rings. The SMILES string of the molecule is c1ccc(-c2nc(-c3ccccc3)nc(-c3ccc(-n4c5ccccc5c5cc6sc7ccccc7c6cc54)cc3)n2)cc1. The highest BCUT2D eigenvalue weighted by molar-refractivity contribution is 7.25. The maximum atomic E-state index is 4.92. The first-order valence-corrected chi connectivity index (χ1v) is 15.4. The van der Waals surface area contributed by atoms with Gasteiger partial charge in [-0.1, -0.05) is 97.1 Å². The molecule has 3 aromatic heterocycles. The molecule has 6 aromatic carbocycles. The number of fused-ring (bicyclic) bond motifs is 6. The van der Waals surface area contributed by atoms with E-state index in [0.717, 1.165) is 22.4 Å². The van der Waals surface area contributed by atoms with E-state index < -0.39 is 0 Å². The lowest BCUT2D eigenvalue weighted by molar-refractivity contribution is 1.07. The van der Waals surface area contributed by atoms with Crippen LogP contribution in [0, 0.1) is 0 Å². The van der Waals surface area contributed by atoms with Gasteiger partial charge in [-0.3, -0.25) is 0 Å². The molecule has 0 aliphatic carbocycles. The Balaban J connectivity index is 1.21. The Morgan fingerprint density at radius 3 is 1.59 bits per heavy atom. The molecule has 5 heteroatoms. The Morgan fingerprint density at radius 2 is 0.932 bits per heavy atom.